The number of carbonyl (C=O) groups excluding carboxylic acids is 4. The van der Waals surface area contributed by atoms with Crippen LogP contribution in [0.1, 0.15) is 139 Å². The summed E-state index contributed by atoms with van der Waals surface area (Å²) in [6.07, 6.45) is 18.9. The number of nitrogens with two attached hydrogens (primary N) is 1. The lowest BCUT2D eigenvalue weighted by Gasteiger charge is -2.40. The van der Waals surface area contributed by atoms with E-state index in [2.05, 4.69) is 22.5 Å². The van der Waals surface area contributed by atoms with Gasteiger partial charge in [-0.15, -0.1) is 0 Å². The Hall–Kier alpha value is -4.38. The van der Waals surface area contributed by atoms with Gasteiger partial charge in [0.2, 0.25) is 5.91 Å². The van der Waals surface area contributed by atoms with Gasteiger partial charge in [-0.3, -0.25) is 9.59 Å². The summed E-state index contributed by atoms with van der Waals surface area (Å²) in [6.45, 7) is 6.30. The maximum Gasteiger partial charge on any atom is 0.330 e. The summed E-state index contributed by atoms with van der Waals surface area (Å²) < 4.78 is 11.1. The molecule has 5 amide bonds. The number of allylic oxidation sites excluding steroid dienone is 1. The van der Waals surface area contributed by atoms with E-state index in [1.165, 1.54) is 71.3 Å². The molecule has 2 aliphatic rings. The number of primary amides is 1. The first-order valence-corrected chi connectivity index (χ1v) is 21.1. The molecule has 0 bridgehead atoms. The van der Waals surface area contributed by atoms with E-state index >= 15 is 0 Å². The maximum atomic E-state index is 13.9. The lowest BCUT2D eigenvalue weighted by Crippen LogP contribution is -2.55. The molecule has 1 atom stereocenters. The number of nitrogens with zero attached hydrogens (tertiary/aromatic N) is 2. The molecule has 0 radical (unpaired) electrons. The van der Waals surface area contributed by atoms with Crippen LogP contribution in [0.4, 0.5) is 9.59 Å². The predicted octanol–water partition coefficient (Wildman–Crippen LogP) is 8.46. The Morgan fingerprint density at radius 3 is 2.02 bits per heavy atom. The Morgan fingerprint density at radius 1 is 0.839 bits per heavy atom. The van der Waals surface area contributed by atoms with Crippen molar-refractivity contribution < 1.29 is 28.7 Å². The lowest BCUT2D eigenvalue weighted by atomic mass is 9.72. The molecule has 308 valence electrons. The number of hydrogen-bond donors (Lipinski definition) is 3. The number of aryl methyl sites for hydroxylation is 1. The van der Waals surface area contributed by atoms with Crippen molar-refractivity contribution in [2.75, 3.05) is 40.4 Å². The highest BCUT2D eigenvalue weighted by Crippen LogP contribution is 2.41. The highest BCUT2D eigenvalue weighted by atomic mass is 16.5. The minimum atomic E-state index is -1.05. The molecule has 4 rings (SSSR count). The number of esters is 1. The first-order chi connectivity index (χ1) is 27.2. The fourth-order valence-corrected chi connectivity index (χ4v) is 8.48. The number of amides is 5. The number of ether oxygens (including phenoxy) is 2. The summed E-state index contributed by atoms with van der Waals surface area (Å²) in [5.41, 5.74) is 8.25. The highest BCUT2D eigenvalue weighted by Gasteiger charge is 2.45. The molecule has 56 heavy (non-hydrogen) atoms. The summed E-state index contributed by atoms with van der Waals surface area (Å²) in [5, 5.41) is 5.62. The molecule has 2 aromatic carbocycles. The highest BCUT2D eigenvalue weighted by molar-refractivity contribution is 6.03. The van der Waals surface area contributed by atoms with Gasteiger partial charge in [-0.05, 0) is 75.9 Å². The van der Waals surface area contributed by atoms with Crippen molar-refractivity contribution >= 4 is 23.9 Å². The van der Waals surface area contributed by atoms with Gasteiger partial charge in [0, 0.05) is 17.8 Å². The fraction of sp³-hybridized carbons (Fsp3) is 0.600. The summed E-state index contributed by atoms with van der Waals surface area (Å²) in [7, 11) is 2.99. The van der Waals surface area contributed by atoms with Gasteiger partial charge in [0.25, 0.3) is 0 Å². The topological polar surface area (TPSA) is 143 Å². The smallest absolute Gasteiger partial charge is 0.330 e. The predicted molar refractivity (Wildman–Crippen MR) is 221 cm³/mol. The van der Waals surface area contributed by atoms with Crippen LogP contribution in [0.3, 0.4) is 0 Å². The van der Waals surface area contributed by atoms with Crippen molar-refractivity contribution in [3.8, 4) is 5.75 Å². The Labute approximate surface area is 335 Å². The number of unbranched alkanes of at least 4 members (excludes halogenated alkanes) is 12. The van der Waals surface area contributed by atoms with Crippen LogP contribution in [0.15, 0.2) is 59.8 Å². The Balaban J connectivity index is 1.36. The van der Waals surface area contributed by atoms with Gasteiger partial charge in [0.1, 0.15) is 11.8 Å². The van der Waals surface area contributed by atoms with Crippen LogP contribution >= 0.6 is 0 Å². The number of nitrogens with one attached hydrogen (secondary N) is 2. The number of piperidine rings is 1. The van der Waals surface area contributed by atoms with Gasteiger partial charge in [0.15, 0.2) is 0 Å². The average Bonchev–Trinajstić information content (AvgIpc) is 3.20. The van der Waals surface area contributed by atoms with E-state index in [1.54, 1.807) is 20.1 Å². The van der Waals surface area contributed by atoms with Crippen LogP contribution in [-0.4, -0.2) is 74.1 Å². The van der Waals surface area contributed by atoms with Crippen molar-refractivity contribution in [3.63, 3.8) is 0 Å². The molecule has 4 N–H and O–H groups in total. The molecule has 1 saturated heterocycles. The number of carbonyl (C=O) groups is 4. The standard InChI is InChI=1S/C45H67N5O6/c1-5-6-7-8-9-10-11-12-13-14-15-16-18-23-35-24-21-27-37(55-3)39(35)40-38(41(46)51)34(2)48-44(54)50(40)43(53)47-30-22-31-49-32-28-45(29-33-49,42(52)56-4)36-25-19-17-20-26-36/h17,19-21,24-27,40H,5-16,18,22-23,28-33H2,1-4H3,(H2,46,51)(H,47,53)(H,48,54). The molecule has 0 spiro atoms. The van der Waals surface area contributed by atoms with Crippen LogP contribution in [0.5, 0.6) is 5.75 Å². The molecule has 0 saturated carbocycles. The van der Waals surface area contributed by atoms with Gasteiger partial charge in [0.05, 0.1) is 25.2 Å². The number of rotatable bonds is 23. The second-order valence-electron chi connectivity index (χ2n) is 15.5. The lowest BCUT2D eigenvalue weighted by molar-refractivity contribution is -0.149. The molecule has 2 aliphatic heterocycles. The molecular weight excluding hydrogens is 707 g/mol. The Bertz CT molecular complexity index is 1600. The van der Waals surface area contributed by atoms with Crippen LogP contribution < -0.4 is 21.1 Å². The normalized spacial score (nSPS) is 17.0. The van der Waals surface area contributed by atoms with Crippen molar-refractivity contribution in [1.82, 2.24) is 20.4 Å². The Morgan fingerprint density at radius 2 is 1.45 bits per heavy atom. The minimum absolute atomic E-state index is 0.150. The molecular formula is C45H67N5O6. The van der Waals surface area contributed by atoms with E-state index < -0.39 is 29.4 Å². The van der Waals surface area contributed by atoms with Crippen molar-refractivity contribution in [2.45, 2.75) is 134 Å². The SMILES string of the molecule is CCCCCCCCCCCCCCCc1cccc(OC)c1C1C(C(N)=O)=C(C)NC(=O)N1C(=O)NCCCN1CCC(C(=O)OC)(c2ccccc2)CC1. The molecule has 1 fully saturated rings. The quantitative estimate of drug-likeness (QED) is 0.0760. The van der Waals surface area contributed by atoms with E-state index in [0.29, 0.717) is 68.9 Å². The van der Waals surface area contributed by atoms with Gasteiger partial charge < -0.3 is 30.7 Å². The largest absolute Gasteiger partial charge is 0.496 e. The summed E-state index contributed by atoms with van der Waals surface area (Å²) in [4.78, 5) is 56.9. The van der Waals surface area contributed by atoms with Crippen LogP contribution in [-0.2, 0) is 26.2 Å². The zero-order chi connectivity index (χ0) is 40.3. The first kappa shape index (κ1) is 44.3. The molecule has 0 aromatic heterocycles. The first-order valence-electron chi connectivity index (χ1n) is 21.1. The number of likely N-dealkylation sites (tertiary alicyclic amines) is 1. The summed E-state index contributed by atoms with van der Waals surface area (Å²) in [6, 6.07) is 13.2. The summed E-state index contributed by atoms with van der Waals surface area (Å²) in [5.74, 6) is -0.441. The summed E-state index contributed by atoms with van der Waals surface area (Å²) >= 11 is 0. The van der Waals surface area contributed by atoms with E-state index in [9.17, 15) is 19.2 Å². The number of benzene rings is 2. The van der Waals surface area contributed by atoms with Crippen molar-refractivity contribution in [3.05, 3.63) is 76.5 Å². The van der Waals surface area contributed by atoms with Crippen LogP contribution in [0.25, 0.3) is 0 Å². The van der Waals surface area contributed by atoms with Gasteiger partial charge >= 0.3 is 18.0 Å². The van der Waals surface area contributed by atoms with E-state index in [-0.39, 0.29) is 11.5 Å². The number of methoxy groups -OCH3 is 2. The number of hydrogen-bond acceptors (Lipinski definition) is 7. The number of urea groups is 2. The average molecular weight is 774 g/mol. The molecule has 0 aliphatic carbocycles. The Kier molecular flexibility index (Phi) is 18.2. The zero-order valence-electron chi connectivity index (χ0n) is 34.5. The number of imide groups is 1. The minimum Gasteiger partial charge on any atom is -0.496 e. The van der Waals surface area contributed by atoms with E-state index in [1.807, 2.05) is 42.5 Å². The van der Waals surface area contributed by atoms with E-state index in [0.717, 1.165) is 35.3 Å². The molecule has 1 unspecified atom stereocenters. The maximum absolute atomic E-state index is 13.9. The van der Waals surface area contributed by atoms with E-state index in [4.69, 9.17) is 15.2 Å². The monoisotopic (exact) mass is 774 g/mol. The van der Waals surface area contributed by atoms with Gasteiger partial charge in [-0.2, -0.15) is 0 Å². The second-order valence-corrected chi connectivity index (χ2v) is 15.5. The van der Waals surface area contributed by atoms with Gasteiger partial charge in [-0.1, -0.05) is 126 Å². The van der Waals surface area contributed by atoms with Crippen LogP contribution in [0, 0.1) is 0 Å². The van der Waals surface area contributed by atoms with Crippen molar-refractivity contribution in [2.24, 2.45) is 5.73 Å². The fourth-order valence-electron chi connectivity index (χ4n) is 8.48. The molecule has 11 nitrogen and oxygen atoms in total. The third-order valence-corrected chi connectivity index (χ3v) is 11.7. The molecule has 2 heterocycles. The zero-order valence-corrected chi connectivity index (χ0v) is 34.5. The molecule has 11 heteroatoms. The van der Waals surface area contributed by atoms with Crippen LogP contribution in [0.2, 0.25) is 0 Å². The second kappa shape index (κ2) is 23.0. The molecule has 2 aromatic rings. The third kappa shape index (κ3) is 11.8. The van der Waals surface area contributed by atoms with Gasteiger partial charge in [-0.25, -0.2) is 14.5 Å². The van der Waals surface area contributed by atoms with Crippen molar-refractivity contribution in [1.29, 1.82) is 0 Å². The third-order valence-electron chi connectivity index (χ3n) is 11.7.